The second kappa shape index (κ2) is 8.31. The molecule has 2 aromatic heterocycles. The minimum atomic E-state index is -0.823. The van der Waals surface area contributed by atoms with Crippen molar-refractivity contribution in [3.8, 4) is 5.75 Å². The minimum Gasteiger partial charge on any atom is -0.507 e. The van der Waals surface area contributed by atoms with Crippen LogP contribution < -0.4 is 4.74 Å². The first-order chi connectivity index (χ1) is 14.9. The number of hydrogen-bond donors (Lipinski definition) is 1. The zero-order valence-electron chi connectivity index (χ0n) is 16.8. The number of pyridine rings is 1. The van der Waals surface area contributed by atoms with E-state index >= 15 is 0 Å². The Labute approximate surface area is 182 Å². The number of halogens is 1. The fourth-order valence-corrected chi connectivity index (χ4v) is 4.72. The Hall–Kier alpha value is -3.52. The zero-order chi connectivity index (χ0) is 22.1. The molecule has 158 valence electrons. The van der Waals surface area contributed by atoms with E-state index in [0.29, 0.717) is 0 Å². The number of aliphatic hydroxyl groups is 1. The van der Waals surface area contributed by atoms with Crippen LogP contribution in [0.2, 0.25) is 0 Å². The number of ketones is 1. The maximum absolute atomic E-state index is 13.9. The largest absolute Gasteiger partial charge is 0.507 e. The number of aryl methyl sites for hydroxylation is 1. The first kappa shape index (κ1) is 20.7. The van der Waals surface area contributed by atoms with Crippen molar-refractivity contribution < 1.29 is 23.8 Å². The average molecular weight is 438 g/mol. The third-order valence-corrected chi connectivity index (χ3v) is 6.28. The lowest BCUT2D eigenvalue weighted by atomic mass is 9.97. The van der Waals surface area contributed by atoms with Crippen LogP contribution in [0.25, 0.3) is 5.76 Å². The molecule has 8 heteroatoms. The second-order valence-electron chi connectivity index (χ2n) is 7.09. The molecule has 1 unspecified atom stereocenters. The van der Waals surface area contributed by atoms with Gasteiger partial charge in [0.2, 0.25) is 0 Å². The van der Waals surface area contributed by atoms with Crippen molar-refractivity contribution in [1.82, 2.24) is 9.88 Å². The summed E-state index contributed by atoms with van der Waals surface area (Å²) < 4.78 is 19.2. The van der Waals surface area contributed by atoms with Gasteiger partial charge in [-0.3, -0.25) is 14.6 Å². The van der Waals surface area contributed by atoms with E-state index in [2.05, 4.69) is 4.98 Å². The lowest BCUT2D eigenvalue weighted by Crippen LogP contribution is -2.29. The monoisotopic (exact) mass is 438 g/mol. The molecule has 1 fully saturated rings. The summed E-state index contributed by atoms with van der Waals surface area (Å²) in [5.74, 6) is -2.43. The second-order valence-corrected chi connectivity index (χ2v) is 8.04. The molecule has 3 heterocycles. The molecule has 1 saturated heterocycles. The molecule has 0 spiro atoms. The van der Waals surface area contributed by atoms with Crippen LogP contribution in [0.3, 0.4) is 0 Å². The van der Waals surface area contributed by atoms with Crippen molar-refractivity contribution in [2.75, 3.05) is 7.11 Å². The number of likely N-dealkylation sites (tertiary alicyclic amines) is 1. The number of aliphatic hydroxyl groups excluding tert-OH is 1. The normalized spacial score (nSPS) is 17.9. The Kier molecular flexibility index (Phi) is 5.56. The highest BCUT2D eigenvalue weighted by Crippen LogP contribution is 2.44. The smallest absolute Gasteiger partial charge is 0.295 e. The van der Waals surface area contributed by atoms with Crippen LogP contribution in [0.1, 0.15) is 27.6 Å². The van der Waals surface area contributed by atoms with Crippen molar-refractivity contribution in [1.29, 1.82) is 0 Å². The SMILES string of the molecule is COc1ccc(F)cc1/C(O)=C1\C(=O)C(=O)N(Cc2ccncc2)C1c1sccc1C. The van der Waals surface area contributed by atoms with Crippen molar-refractivity contribution in [3.05, 3.63) is 87.1 Å². The Morgan fingerprint density at radius 2 is 1.97 bits per heavy atom. The number of nitrogens with zero attached hydrogens (tertiary/aromatic N) is 2. The Bertz CT molecular complexity index is 1190. The van der Waals surface area contributed by atoms with Crippen molar-refractivity contribution >= 4 is 28.8 Å². The Balaban J connectivity index is 1.91. The van der Waals surface area contributed by atoms with E-state index < -0.39 is 29.3 Å². The number of benzene rings is 1. The Morgan fingerprint density at radius 3 is 2.61 bits per heavy atom. The highest BCUT2D eigenvalue weighted by atomic mass is 32.1. The predicted molar refractivity (Wildman–Crippen MR) is 114 cm³/mol. The van der Waals surface area contributed by atoms with Gasteiger partial charge in [-0.25, -0.2) is 4.39 Å². The molecule has 1 amide bonds. The first-order valence-corrected chi connectivity index (χ1v) is 10.4. The zero-order valence-corrected chi connectivity index (χ0v) is 17.6. The standard InChI is InChI=1S/C23H19FN2O4S/c1-13-7-10-31-22(13)19-18(20(27)16-11-15(24)3-4-17(16)30-2)21(28)23(29)26(19)12-14-5-8-25-9-6-14/h3-11,19,27H,12H2,1-2H3/b20-18+. The van der Waals surface area contributed by atoms with Crippen molar-refractivity contribution in [2.45, 2.75) is 19.5 Å². The molecule has 31 heavy (non-hydrogen) atoms. The van der Waals surface area contributed by atoms with Gasteiger partial charge in [0.25, 0.3) is 11.7 Å². The molecular formula is C23H19FN2O4S. The fraction of sp³-hybridized carbons (Fsp3) is 0.174. The molecule has 1 aromatic carbocycles. The van der Waals surface area contributed by atoms with Gasteiger partial charge < -0.3 is 14.7 Å². The summed E-state index contributed by atoms with van der Waals surface area (Å²) in [5, 5.41) is 13.0. The highest BCUT2D eigenvalue weighted by Gasteiger charge is 2.47. The van der Waals surface area contributed by atoms with Gasteiger partial charge in [0.05, 0.1) is 18.2 Å². The lowest BCUT2D eigenvalue weighted by Gasteiger charge is -2.25. The number of rotatable bonds is 5. The summed E-state index contributed by atoms with van der Waals surface area (Å²) in [6.45, 7) is 2.04. The Morgan fingerprint density at radius 1 is 1.23 bits per heavy atom. The van der Waals surface area contributed by atoms with E-state index in [1.54, 1.807) is 24.5 Å². The number of ether oxygens (including phenoxy) is 1. The molecule has 0 bridgehead atoms. The van der Waals surface area contributed by atoms with Crippen LogP contribution in [-0.4, -0.2) is 33.8 Å². The number of aromatic nitrogens is 1. The maximum Gasteiger partial charge on any atom is 0.295 e. The number of carbonyl (C=O) groups is 2. The minimum absolute atomic E-state index is 0.0172. The third kappa shape index (κ3) is 3.70. The number of carbonyl (C=O) groups excluding carboxylic acids is 2. The molecule has 1 N–H and O–H groups in total. The van der Waals surface area contributed by atoms with Crippen molar-refractivity contribution in [3.63, 3.8) is 0 Å². The van der Waals surface area contributed by atoms with Gasteiger partial charge in [0, 0.05) is 23.8 Å². The van der Waals surface area contributed by atoms with E-state index in [-0.39, 0.29) is 23.4 Å². The van der Waals surface area contributed by atoms with Gasteiger partial charge in [-0.2, -0.15) is 0 Å². The topological polar surface area (TPSA) is 79.7 Å². The van der Waals surface area contributed by atoms with Crippen LogP contribution in [0.4, 0.5) is 4.39 Å². The van der Waals surface area contributed by atoms with Crippen LogP contribution in [-0.2, 0) is 16.1 Å². The summed E-state index contributed by atoms with van der Waals surface area (Å²) >= 11 is 1.39. The quantitative estimate of drug-likeness (QED) is 0.367. The highest BCUT2D eigenvalue weighted by molar-refractivity contribution is 7.10. The fourth-order valence-electron chi connectivity index (χ4n) is 3.68. The number of methoxy groups -OCH3 is 1. The molecule has 3 aromatic rings. The average Bonchev–Trinajstić information content (AvgIpc) is 3.30. The van der Waals surface area contributed by atoms with Crippen molar-refractivity contribution in [2.24, 2.45) is 0 Å². The van der Waals surface area contributed by atoms with Gasteiger partial charge in [-0.1, -0.05) is 0 Å². The summed E-state index contributed by atoms with van der Waals surface area (Å²) in [7, 11) is 1.38. The number of thiophene rings is 1. The summed E-state index contributed by atoms with van der Waals surface area (Å²) in [6.07, 6.45) is 3.21. The van der Waals surface area contributed by atoms with Crippen LogP contribution in [0, 0.1) is 12.7 Å². The van der Waals surface area contributed by atoms with Crippen LogP contribution in [0.5, 0.6) is 5.75 Å². The molecule has 0 saturated carbocycles. The van der Waals surface area contributed by atoms with Gasteiger partial charge >= 0.3 is 0 Å². The first-order valence-electron chi connectivity index (χ1n) is 9.47. The van der Waals surface area contributed by atoms with E-state index in [9.17, 15) is 19.1 Å². The summed E-state index contributed by atoms with van der Waals surface area (Å²) in [6, 6.07) is 8.24. The summed E-state index contributed by atoms with van der Waals surface area (Å²) in [5.41, 5.74) is 1.60. The molecule has 1 atom stereocenters. The van der Waals surface area contributed by atoms with E-state index in [4.69, 9.17) is 4.74 Å². The van der Waals surface area contributed by atoms with Crippen LogP contribution in [0.15, 0.2) is 59.7 Å². The lowest BCUT2D eigenvalue weighted by molar-refractivity contribution is -0.140. The number of amides is 1. The predicted octanol–water partition coefficient (Wildman–Crippen LogP) is 4.22. The van der Waals surface area contributed by atoms with E-state index in [0.717, 1.165) is 22.1 Å². The molecule has 1 aliphatic heterocycles. The maximum atomic E-state index is 13.9. The van der Waals surface area contributed by atoms with Gasteiger partial charge in [-0.15, -0.1) is 11.3 Å². The molecule has 4 rings (SSSR count). The summed E-state index contributed by atoms with van der Waals surface area (Å²) in [4.78, 5) is 32.2. The van der Waals surface area contributed by atoms with Gasteiger partial charge in [-0.05, 0) is 59.8 Å². The molecule has 1 aliphatic rings. The number of hydrogen-bond acceptors (Lipinski definition) is 6. The van der Waals surface area contributed by atoms with Gasteiger partial charge in [0.15, 0.2) is 0 Å². The molecule has 0 aliphatic carbocycles. The number of Topliss-reactive ketones (excluding diaryl/α,β-unsaturated/α-hetero) is 1. The molecule has 6 nitrogen and oxygen atoms in total. The van der Waals surface area contributed by atoms with E-state index in [1.807, 2.05) is 18.4 Å². The molecular weight excluding hydrogens is 419 g/mol. The van der Waals surface area contributed by atoms with Crippen LogP contribution >= 0.6 is 11.3 Å². The van der Waals surface area contributed by atoms with Gasteiger partial charge in [0.1, 0.15) is 23.4 Å². The molecule has 0 radical (unpaired) electrons. The third-order valence-electron chi connectivity index (χ3n) is 5.21. The van der Waals surface area contributed by atoms with E-state index in [1.165, 1.54) is 35.5 Å².